The molecule has 0 atom stereocenters. The van der Waals surface area contributed by atoms with Gasteiger partial charge in [-0.1, -0.05) is 109 Å². The van der Waals surface area contributed by atoms with Gasteiger partial charge in [-0.15, -0.1) is 0 Å². The fraction of sp³-hybridized carbons (Fsp3) is 0. The van der Waals surface area contributed by atoms with Crippen molar-refractivity contribution in [2.45, 2.75) is 0 Å². The highest BCUT2D eigenvalue weighted by Crippen LogP contribution is 2.37. The zero-order chi connectivity index (χ0) is 23.9. The number of aromatic nitrogens is 2. The van der Waals surface area contributed by atoms with E-state index < -0.39 is 0 Å². The molecule has 5 aromatic carbocycles. The molecule has 0 N–H and O–H groups in total. The molecule has 0 bridgehead atoms. The maximum absolute atomic E-state index is 5.24. The van der Waals surface area contributed by atoms with Gasteiger partial charge in [0.1, 0.15) is 0 Å². The van der Waals surface area contributed by atoms with Crippen LogP contribution in [0.4, 0.5) is 0 Å². The molecule has 2 heterocycles. The van der Waals surface area contributed by atoms with Gasteiger partial charge in [0.25, 0.3) is 0 Å². The van der Waals surface area contributed by atoms with Gasteiger partial charge in [-0.3, -0.25) is 4.98 Å². The molecule has 0 fully saturated rings. The molecular weight excluding hydrogens is 436 g/mol. The second kappa shape index (κ2) is 8.44. The van der Waals surface area contributed by atoms with E-state index in [0.717, 1.165) is 38.6 Å². The van der Waals surface area contributed by atoms with Crippen LogP contribution < -0.4 is 0 Å². The lowest BCUT2D eigenvalue weighted by molar-refractivity contribution is 1.37. The predicted octanol–water partition coefficient (Wildman–Crippen LogP) is 8.94. The van der Waals surface area contributed by atoms with Gasteiger partial charge in [-0.25, -0.2) is 4.98 Å². The summed E-state index contributed by atoms with van der Waals surface area (Å²) >= 11 is 0. The summed E-state index contributed by atoms with van der Waals surface area (Å²) < 4.78 is 0. The maximum atomic E-state index is 5.24. The molecule has 0 aliphatic carbocycles. The van der Waals surface area contributed by atoms with Gasteiger partial charge in [0, 0.05) is 22.5 Å². The molecule has 2 nitrogen and oxygen atoms in total. The molecule has 0 amide bonds. The Morgan fingerprint density at radius 1 is 0.417 bits per heavy atom. The zero-order valence-corrected chi connectivity index (χ0v) is 19.6. The summed E-state index contributed by atoms with van der Waals surface area (Å²) in [5.41, 5.74) is 8.59. The minimum Gasteiger partial charge on any atom is -0.254 e. The van der Waals surface area contributed by atoms with Crippen LogP contribution in [0.1, 0.15) is 0 Å². The average Bonchev–Trinajstić information content (AvgIpc) is 2.96. The normalized spacial score (nSPS) is 11.3. The average molecular weight is 459 g/mol. The number of pyridine rings is 2. The Hall–Kier alpha value is -4.82. The highest BCUT2D eigenvalue weighted by Gasteiger charge is 2.15. The summed E-state index contributed by atoms with van der Waals surface area (Å²) in [5, 5.41) is 4.65. The molecule has 36 heavy (non-hydrogen) atoms. The summed E-state index contributed by atoms with van der Waals surface area (Å²) in [4.78, 5) is 10.1. The van der Waals surface area contributed by atoms with Gasteiger partial charge in [-0.05, 0) is 51.2 Å². The molecule has 168 valence electrons. The van der Waals surface area contributed by atoms with Crippen molar-refractivity contribution in [3.63, 3.8) is 0 Å². The van der Waals surface area contributed by atoms with E-state index in [1.165, 1.54) is 27.5 Å². The lowest BCUT2D eigenvalue weighted by Gasteiger charge is -2.14. The molecule has 0 saturated heterocycles. The van der Waals surface area contributed by atoms with E-state index >= 15 is 0 Å². The standard InChI is InChI=1S/C34H22N2/c1-3-10-24(11-4-1)28-19-20-35-33-29(28)17-18-30-31(25-12-5-2-6-13-25)22-32(36-34(30)33)27-16-15-23-9-7-8-14-26(23)21-27/h1-22H. The van der Waals surface area contributed by atoms with Crippen LogP contribution in [0.3, 0.4) is 0 Å². The highest BCUT2D eigenvalue weighted by atomic mass is 14.8. The summed E-state index contributed by atoms with van der Waals surface area (Å²) in [6.45, 7) is 0. The lowest BCUT2D eigenvalue weighted by atomic mass is 9.94. The topological polar surface area (TPSA) is 25.8 Å². The van der Waals surface area contributed by atoms with Gasteiger partial charge in [0.15, 0.2) is 0 Å². The first-order chi connectivity index (χ1) is 17.8. The first kappa shape index (κ1) is 20.5. The second-order valence-electron chi connectivity index (χ2n) is 9.07. The number of hydrogen-bond acceptors (Lipinski definition) is 2. The SMILES string of the molecule is c1ccc(-c2ccnc3c2ccc2c(-c4ccccc4)cc(-c4ccc5ccccc5c4)nc23)cc1. The number of fused-ring (bicyclic) bond motifs is 4. The third-order valence-corrected chi connectivity index (χ3v) is 6.90. The van der Waals surface area contributed by atoms with Crippen LogP contribution in [0.2, 0.25) is 0 Å². The van der Waals surface area contributed by atoms with Gasteiger partial charge >= 0.3 is 0 Å². The molecule has 0 unspecified atom stereocenters. The van der Waals surface area contributed by atoms with Crippen molar-refractivity contribution in [1.82, 2.24) is 9.97 Å². The Bertz CT molecular complexity index is 1870. The van der Waals surface area contributed by atoms with E-state index in [-0.39, 0.29) is 0 Å². The van der Waals surface area contributed by atoms with Crippen molar-refractivity contribution in [2.24, 2.45) is 0 Å². The minimum atomic E-state index is 0.925. The maximum Gasteiger partial charge on any atom is 0.0978 e. The first-order valence-electron chi connectivity index (χ1n) is 12.2. The third-order valence-electron chi connectivity index (χ3n) is 6.90. The van der Waals surface area contributed by atoms with Crippen LogP contribution >= 0.6 is 0 Å². The number of hydrogen-bond donors (Lipinski definition) is 0. The number of benzene rings is 5. The molecule has 2 heteroatoms. The Morgan fingerprint density at radius 3 is 1.81 bits per heavy atom. The lowest BCUT2D eigenvalue weighted by Crippen LogP contribution is -1.93. The van der Waals surface area contributed by atoms with Gasteiger partial charge in [-0.2, -0.15) is 0 Å². The van der Waals surface area contributed by atoms with Gasteiger partial charge in [0.2, 0.25) is 0 Å². The molecule has 0 saturated carbocycles. The predicted molar refractivity (Wildman–Crippen MR) is 151 cm³/mol. The molecular formula is C34H22N2. The van der Waals surface area contributed by atoms with Crippen molar-refractivity contribution in [3.05, 3.63) is 134 Å². The Morgan fingerprint density at radius 2 is 1.06 bits per heavy atom. The molecule has 0 aliphatic rings. The second-order valence-corrected chi connectivity index (χ2v) is 9.07. The smallest absolute Gasteiger partial charge is 0.0978 e. The summed E-state index contributed by atoms with van der Waals surface area (Å²) in [5.74, 6) is 0. The van der Waals surface area contributed by atoms with Crippen molar-refractivity contribution >= 4 is 32.6 Å². The molecule has 7 aromatic rings. The van der Waals surface area contributed by atoms with Gasteiger partial charge in [0.05, 0.1) is 16.7 Å². The fourth-order valence-corrected chi connectivity index (χ4v) is 5.12. The molecule has 0 spiro atoms. The van der Waals surface area contributed by atoms with E-state index in [1.54, 1.807) is 0 Å². The fourth-order valence-electron chi connectivity index (χ4n) is 5.12. The van der Waals surface area contributed by atoms with Crippen molar-refractivity contribution < 1.29 is 0 Å². The monoisotopic (exact) mass is 458 g/mol. The summed E-state index contributed by atoms with van der Waals surface area (Å²) in [6, 6.07) is 44.8. The molecule has 7 rings (SSSR count). The van der Waals surface area contributed by atoms with Crippen molar-refractivity contribution in [2.75, 3.05) is 0 Å². The zero-order valence-electron chi connectivity index (χ0n) is 19.6. The van der Waals surface area contributed by atoms with Crippen LogP contribution in [0.5, 0.6) is 0 Å². The molecule has 2 aromatic heterocycles. The Kier molecular flexibility index (Phi) is 4.82. The Labute approximate surface area is 209 Å². The van der Waals surface area contributed by atoms with Crippen LogP contribution in [0.15, 0.2) is 134 Å². The van der Waals surface area contributed by atoms with Crippen LogP contribution in [-0.4, -0.2) is 9.97 Å². The molecule has 0 aliphatic heterocycles. The van der Waals surface area contributed by atoms with Gasteiger partial charge < -0.3 is 0 Å². The van der Waals surface area contributed by atoms with E-state index in [1.807, 2.05) is 12.3 Å². The summed E-state index contributed by atoms with van der Waals surface area (Å²) in [7, 11) is 0. The van der Waals surface area contributed by atoms with Crippen molar-refractivity contribution in [3.8, 4) is 33.5 Å². The van der Waals surface area contributed by atoms with E-state index in [2.05, 4.69) is 121 Å². The largest absolute Gasteiger partial charge is 0.254 e. The van der Waals surface area contributed by atoms with Crippen molar-refractivity contribution in [1.29, 1.82) is 0 Å². The highest BCUT2D eigenvalue weighted by molar-refractivity contribution is 6.12. The Balaban J connectivity index is 1.55. The van der Waals surface area contributed by atoms with E-state index in [0.29, 0.717) is 0 Å². The summed E-state index contributed by atoms with van der Waals surface area (Å²) in [6.07, 6.45) is 1.90. The molecule has 0 radical (unpaired) electrons. The van der Waals surface area contributed by atoms with E-state index in [9.17, 15) is 0 Å². The number of nitrogens with zero attached hydrogens (tertiary/aromatic N) is 2. The third kappa shape index (κ3) is 3.43. The number of rotatable bonds is 3. The van der Waals surface area contributed by atoms with Crippen LogP contribution in [0.25, 0.3) is 66.1 Å². The first-order valence-corrected chi connectivity index (χ1v) is 12.2. The minimum absolute atomic E-state index is 0.925. The van der Waals surface area contributed by atoms with Crippen LogP contribution in [-0.2, 0) is 0 Å². The van der Waals surface area contributed by atoms with Crippen LogP contribution in [0, 0.1) is 0 Å². The quantitative estimate of drug-likeness (QED) is 0.247. The van der Waals surface area contributed by atoms with E-state index in [4.69, 9.17) is 9.97 Å².